The minimum Gasteiger partial charge on any atom is -0.335 e. The van der Waals surface area contributed by atoms with Gasteiger partial charge in [-0.15, -0.1) is 0 Å². The maximum Gasteiger partial charge on any atom is 0.407 e. The van der Waals surface area contributed by atoms with Gasteiger partial charge >= 0.3 is 6.18 Å². The molecule has 0 unspecified atom stereocenters. The van der Waals surface area contributed by atoms with Gasteiger partial charge in [0.2, 0.25) is 0 Å². The lowest BCUT2D eigenvalue weighted by Crippen LogP contribution is -2.36. The van der Waals surface area contributed by atoms with Crippen molar-refractivity contribution in [1.82, 2.24) is 4.57 Å². The number of alkyl halides is 3. The normalized spacial score (nSPS) is 12.2. The van der Waals surface area contributed by atoms with Crippen LogP contribution in [0.3, 0.4) is 0 Å². The number of rotatable bonds is 4. The van der Waals surface area contributed by atoms with E-state index in [4.69, 9.17) is 6.57 Å². The second-order valence-electron chi connectivity index (χ2n) is 7.31. The van der Waals surface area contributed by atoms with Gasteiger partial charge in [-0.2, -0.15) is 13.2 Å². The molecule has 0 spiro atoms. The summed E-state index contributed by atoms with van der Waals surface area (Å²) in [5.74, 6) is -0.213. The topological polar surface area (TPSA) is 26.4 Å². The van der Waals surface area contributed by atoms with E-state index in [-0.39, 0.29) is 17.8 Å². The summed E-state index contributed by atoms with van der Waals surface area (Å²) in [6, 6.07) is 11.2. The zero-order chi connectivity index (χ0) is 20.7. The molecule has 3 nitrogen and oxygen atoms in total. The summed E-state index contributed by atoms with van der Waals surface area (Å²) in [7, 11) is 0. The molecule has 1 aromatic heterocycles. The molecule has 0 bridgehead atoms. The summed E-state index contributed by atoms with van der Waals surface area (Å²) < 4.78 is 41.4. The summed E-state index contributed by atoms with van der Waals surface area (Å²) in [5.41, 5.74) is -0.179. The van der Waals surface area contributed by atoms with Gasteiger partial charge in [0.05, 0.1) is 17.7 Å². The van der Waals surface area contributed by atoms with Crippen LogP contribution in [0, 0.1) is 13.5 Å². The third-order valence-electron chi connectivity index (χ3n) is 5.09. The van der Waals surface area contributed by atoms with Crippen LogP contribution in [0.1, 0.15) is 30.5 Å². The maximum atomic E-state index is 13.2. The summed E-state index contributed by atoms with van der Waals surface area (Å²) in [4.78, 5) is 15.9. The largest absolute Gasteiger partial charge is 0.407 e. The molecule has 0 amide bonds. The van der Waals surface area contributed by atoms with E-state index < -0.39 is 23.0 Å². The van der Waals surface area contributed by atoms with Crippen molar-refractivity contribution in [3.63, 3.8) is 0 Å². The first-order chi connectivity index (χ1) is 13.1. The van der Waals surface area contributed by atoms with Gasteiger partial charge in [0, 0.05) is 23.5 Å². The van der Waals surface area contributed by atoms with E-state index >= 15 is 0 Å². The third kappa shape index (κ3) is 3.40. The highest BCUT2D eigenvalue weighted by molar-refractivity contribution is 5.91. The first-order valence-electron chi connectivity index (χ1n) is 8.73. The van der Waals surface area contributed by atoms with E-state index in [0.717, 1.165) is 28.6 Å². The monoisotopic (exact) mass is 384 g/mol. The summed E-state index contributed by atoms with van der Waals surface area (Å²) >= 11 is 0. The Kier molecular flexibility index (Phi) is 4.80. The minimum atomic E-state index is -4.64. The second-order valence-corrected chi connectivity index (χ2v) is 7.31. The van der Waals surface area contributed by atoms with E-state index in [9.17, 15) is 18.0 Å². The number of ketones is 1. The van der Waals surface area contributed by atoms with Crippen molar-refractivity contribution in [3.8, 4) is 0 Å². The lowest BCUT2D eigenvalue weighted by Gasteiger charge is -2.27. The van der Waals surface area contributed by atoms with E-state index in [1.54, 1.807) is 13.8 Å². The van der Waals surface area contributed by atoms with Gasteiger partial charge in [0.15, 0.2) is 11.5 Å². The number of carbonyl (C=O) groups is 1. The molecule has 0 saturated heterocycles. The van der Waals surface area contributed by atoms with Crippen LogP contribution >= 0.6 is 0 Å². The molecule has 28 heavy (non-hydrogen) atoms. The minimum absolute atomic E-state index is 0.153. The molecule has 3 rings (SSSR count). The molecule has 2 aromatic carbocycles. The standard InChI is InChI=1S/C22H19F3N2O/c1-14-6-5-7-19-16(14)10-11-27(19)21(2,3)20(28)13-15-8-9-18(26-4)17(12-15)22(23,24)25/h5-12H,13H2,1-3H3. The van der Waals surface area contributed by atoms with Crippen molar-refractivity contribution in [2.24, 2.45) is 0 Å². The second kappa shape index (κ2) is 6.83. The van der Waals surface area contributed by atoms with Crippen molar-refractivity contribution in [2.45, 2.75) is 38.9 Å². The van der Waals surface area contributed by atoms with Gasteiger partial charge in [0.25, 0.3) is 0 Å². The molecule has 0 saturated carbocycles. The zero-order valence-electron chi connectivity index (χ0n) is 15.8. The Bertz CT molecular complexity index is 1100. The van der Waals surface area contributed by atoms with Crippen LogP contribution in [-0.4, -0.2) is 10.4 Å². The third-order valence-corrected chi connectivity index (χ3v) is 5.09. The number of halogens is 3. The van der Waals surface area contributed by atoms with Gasteiger partial charge in [-0.25, -0.2) is 4.85 Å². The first kappa shape index (κ1) is 19.7. The molecule has 0 radical (unpaired) electrons. The Balaban J connectivity index is 1.96. The smallest absolute Gasteiger partial charge is 0.335 e. The molecule has 3 aromatic rings. The molecule has 0 atom stereocenters. The average Bonchev–Trinajstić information content (AvgIpc) is 3.07. The zero-order valence-corrected chi connectivity index (χ0v) is 15.8. The Hall–Kier alpha value is -3.07. The van der Waals surface area contributed by atoms with Crippen molar-refractivity contribution >= 4 is 22.4 Å². The quantitative estimate of drug-likeness (QED) is 0.502. The Morgan fingerprint density at radius 1 is 1.14 bits per heavy atom. The Labute approximate surface area is 161 Å². The number of fused-ring (bicyclic) bond motifs is 1. The van der Waals surface area contributed by atoms with Crippen molar-refractivity contribution in [2.75, 3.05) is 0 Å². The lowest BCUT2D eigenvalue weighted by molar-refractivity contribution is -0.137. The predicted octanol–water partition coefficient (Wildman–Crippen LogP) is 6.07. The average molecular weight is 384 g/mol. The number of aryl methyl sites for hydroxylation is 1. The molecule has 1 heterocycles. The van der Waals surface area contributed by atoms with Crippen molar-refractivity contribution in [3.05, 3.63) is 76.8 Å². The molecular weight excluding hydrogens is 365 g/mol. The van der Waals surface area contributed by atoms with E-state index in [1.807, 2.05) is 42.0 Å². The highest BCUT2D eigenvalue weighted by atomic mass is 19.4. The Morgan fingerprint density at radius 3 is 2.50 bits per heavy atom. The fourth-order valence-electron chi connectivity index (χ4n) is 3.36. The van der Waals surface area contributed by atoms with Gasteiger partial charge < -0.3 is 4.57 Å². The molecule has 144 valence electrons. The van der Waals surface area contributed by atoms with Crippen molar-refractivity contribution < 1.29 is 18.0 Å². The lowest BCUT2D eigenvalue weighted by atomic mass is 9.92. The highest BCUT2D eigenvalue weighted by Crippen LogP contribution is 2.37. The van der Waals surface area contributed by atoms with Crippen LogP contribution in [-0.2, 0) is 22.9 Å². The SMILES string of the molecule is [C-]#[N+]c1ccc(CC(=O)C(C)(C)n2ccc3c(C)cccc32)cc1C(F)(F)F. The number of benzene rings is 2. The fraction of sp³-hybridized carbons (Fsp3) is 0.273. The number of Topliss-reactive ketones (excluding diaryl/α,β-unsaturated/α-hetero) is 1. The van der Waals surface area contributed by atoms with E-state index in [2.05, 4.69) is 4.85 Å². The van der Waals surface area contributed by atoms with Gasteiger partial charge in [0.1, 0.15) is 0 Å². The molecular formula is C22H19F3N2O. The number of aromatic nitrogens is 1. The van der Waals surface area contributed by atoms with Gasteiger partial charge in [-0.05, 0) is 44.0 Å². The van der Waals surface area contributed by atoms with E-state index in [0.29, 0.717) is 0 Å². The predicted molar refractivity (Wildman–Crippen MR) is 102 cm³/mol. The first-order valence-corrected chi connectivity index (χ1v) is 8.73. The Morgan fingerprint density at radius 2 is 1.86 bits per heavy atom. The van der Waals surface area contributed by atoms with Gasteiger partial charge in [-0.3, -0.25) is 4.79 Å². The number of nitrogens with zero attached hydrogens (tertiary/aromatic N) is 2. The van der Waals surface area contributed by atoms with E-state index in [1.165, 1.54) is 6.07 Å². The number of hydrogen-bond acceptors (Lipinski definition) is 1. The summed E-state index contributed by atoms with van der Waals surface area (Å²) in [5, 5.41) is 1.03. The summed E-state index contributed by atoms with van der Waals surface area (Å²) in [6.45, 7) is 12.4. The van der Waals surface area contributed by atoms with Gasteiger partial charge in [-0.1, -0.05) is 30.3 Å². The fourth-order valence-corrected chi connectivity index (χ4v) is 3.36. The van der Waals surface area contributed by atoms with Crippen LogP contribution in [0.25, 0.3) is 15.7 Å². The molecule has 0 aliphatic heterocycles. The van der Waals surface area contributed by atoms with Crippen LogP contribution in [0.2, 0.25) is 0 Å². The maximum absolute atomic E-state index is 13.2. The molecule has 0 aliphatic rings. The summed E-state index contributed by atoms with van der Waals surface area (Å²) in [6.07, 6.45) is -2.96. The molecule has 0 aliphatic carbocycles. The highest BCUT2D eigenvalue weighted by Gasteiger charge is 2.35. The van der Waals surface area contributed by atoms with Crippen LogP contribution in [0.5, 0.6) is 0 Å². The van der Waals surface area contributed by atoms with Crippen LogP contribution in [0.15, 0.2) is 48.7 Å². The van der Waals surface area contributed by atoms with Crippen molar-refractivity contribution in [1.29, 1.82) is 0 Å². The van der Waals surface area contributed by atoms with Crippen LogP contribution in [0.4, 0.5) is 18.9 Å². The molecule has 0 N–H and O–H groups in total. The number of hydrogen-bond donors (Lipinski definition) is 0. The molecule has 6 heteroatoms. The number of carbonyl (C=O) groups excluding carboxylic acids is 1. The molecule has 0 fully saturated rings. The van der Waals surface area contributed by atoms with Crippen LogP contribution < -0.4 is 0 Å².